The molecule has 2 aliphatic heterocycles. The van der Waals surface area contributed by atoms with Gasteiger partial charge in [-0.3, -0.25) is 4.79 Å². The molecule has 11 heteroatoms. The molecule has 2 heterocycles. The second kappa shape index (κ2) is 7.63. The first-order chi connectivity index (χ1) is 15.8. The number of rotatable bonds is 3. The molecule has 3 aliphatic rings. The number of hydrogen-bond donors (Lipinski definition) is 1. The standard InChI is InChI=1S/C22H18BrNO9/c1-9(25)32-17-7-13-12(6-14(17)28-2)21(27)33-22(13)19(23)18(26)10-4-15-16(31-8-30-15)5-11(10)20(22)24-29-3/h4-7,18-19,26H,8H2,1-3H3/t18?,19?,22-/m0/s1. The third kappa shape index (κ3) is 2.99. The van der Waals surface area contributed by atoms with Crippen molar-refractivity contribution in [3.05, 3.63) is 46.5 Å². The van der Waals surface area contributed by atoms with Crippen LogP contribution in [0.1, 0.15) is 40.1 Å². The molecule has 0 radical (unpaired) electrons. The molecular formula is C22H18BrNO9. The first-order valence-corrected chi connectivity index (χ1v) is 10.7. The number of benzene rings is 2. The zero-order chi connectivity index (χ0) is 23.5. The van der Waals surface area contributed by atoms with Crippen LogP contribution < -0.4 is 18.9 Å². The lowest BCUT2D eigenvalue weighted by Crippen LogP contribution is -2.51. The minimum atomic E-state index is -1.61. The van der Waals surface area contributed by atoms with E-state index in [2.05, 4.69) is 21.1 Å². The number of ether oxygens (including phenoxy) is 5. The molecule has 2 unspecified atom stereocenters. The monoisotopic (exact) mass is 519 g/mol. The highest BCUT2D eigenvalue weighted by molar-refractivity contribution is 9.09. The van der Waals surface area contributed by atoms with Crippen LogP contribution in [0.15, 0.2) is 29.4 Å². The average molecular weight is 520 g/mol. The number of fused-ring (bicyclic) bond motifs is 4. The Bertz CT molecular complexity index is 1230. The van der Waals surface area contributed by atoms with Crippen molar-refractivity contribution in [3.63, 3.8) is 0 Å². The van der Waals surface area contributed by atoms with E-state index >= 15 is 0 Å². The van der Waals surface area contributed by atoms with Gasteiger partial charge in [0.1, 0.15) is 12.8 Å². The van der Waals surface area contributed by atoms with E-state index in [1.54, 1.807) is 12.1 Å². The molecule has 0 amide bonds. The molecule has 0 saturated carbocycles. The van der Waals surface area contributed by atoms with Gasteiger partial charge in [0.2, 0.25) is 6.79 Å². The van der Waals surface area contributed by atoms with Crippen LogP contribution in [0.4, 0.5) is 0 Å². The number of hydrogen-bond acceptors (Lipinski definition) is 10. The molecule has 172 valence electrons. The topological polar surface area (TPSA) is 122 Å². The van der Waals surface area contributed by atoms with Crippen molar-refractivity contribution in [3.8, 4) is 23.0 Å². The summed E-state index contributed by atoms with van der Waals surface area (Å²) in [7, 11) is 2.75. The Hall–Kier alpha value is -3.31. The number of methoxy groups -OCH3 is 1. The molecule has 0 aromatic heterocycles. The summed E-state index contributed by atoms with van der Waals surface area (Å²) in [5.74, 6) is -0.0465. The van der Waals surface area contributed by atoms with E-state index in [4.69, 9.17) is 28.5 Å². The summed E-state index contributed by atoms with van der Waals surface area (Å²) in [6.45, 7) is 1.29. The molecular weight excluding hydrogens is 502 g/mol. The quantitative estimate of drug-likeness (QED) is 0.282. The number of aliphatic hydroxyl groups is 1. The molecule has 3 atom stereocenters. The van der Waals surface area contributed by atoms with Crippen LogP contribution in [0.5, 0.6) is 23.0 Å². The molecule has 1 N–H and O–H groups in total. The van der Waals surface area contributed by atoms with E-state index in [1.807, 2.05) is 0 Å². The van der Waals surface area contributed by atoms with Gasteiger partial charge in [0.15, 0.2) is 28.6 Å². The second-order valence-electron chi connectivity index (χ2n) is 7.53. The van der Waals surface area contributed by atoms with Gasteiger partial charge < -0.3 is 33.6 Å². The zero-order valence-electron chi connectivity index (χ0n) is 17.7. The maximum atomic E-state index is 13.0. The van der Waals surface area contributed by atoms with Gasteiger partial charge in [-0.05, 0) is 29.8 Å². The van der Waals surface area contributed by atoms with Crippen LogP contribution in [0.3, 0.4) is 0 Å². The van der Waals surface area contributed by atoms with Crippen molar-refractivity contribution < 1.29 is 43.2 Å². The summed E-state index contributed by atoms with van der Waals surface area (Å²) in [5, 5.41) is 15.5. The molecule has 0 bridgehead atoms. The Balaban J connectivity index is 1.79. The van der Waals surface area contributed by atoms with E-state index in [1.165, 1.54) is 33.3 Å². The summed E-state index contributed by atoms with van der Waals surface area (Å²) in [4.78, 5) is 28.9. The van der Waals surface area contributed by atoms with Crippen LogP contribution in [-0.2, 0) is 20.0 Å². The number of carbonyl (C=O) groups excluding carboxylic acids is 2. The highest BCUT2D eigenvalue weighted by atomic mass is 79.9. The third-order valence-corrected chi connectivity index (χ3v) is 6.90. The van der Waals surface area contributed by atoms with Crippen molar-refractivity contribution >= 4 is 33.6 Å². The largest absolute Gasteiger partial charge is 0.493 e. The van der Waals surface area contributed by atoms with Gasteiger partial charge in [-0.15, -0.1) is 0 Å². The van der Waals surface area contributed by atoms with E-state index in [9.17, 15) is 14.7 Å². The van der Waals surface area contributed by atoms with Gasteiger partial charge in [-0.2, -0.15) is 0 Å². The summed E-state index contributed by atoms with van der Waals surface area (Å²) < 4.78 is 27.5. The minimum absolute atomic E-state index is 0.0390. The van der Waals surface area contributed by atoms with Crippen LogP contribution >= 0.6 is 15.9 Å². The van der Waals surface area contributed by atoms with Gasteiger partial charge in [-0.1, -0.05) is 21.1 Å². The molecule has 33 heavy (non-hydrogen) atoms. The molecule has 2 aromatic carbocycles. The molecule has 5 rings (SSSR count). The van der Waals surface area contributed by atoms with Crippen molar-refractivity contribution in [1.29, 1.82) is 0 Å². The van der Waals surface area contributed by atoms with Gasteiger partial charge in [-0.25, -0.2) is 4.79 Å². The van der Waals surface area contributed by atoms with Gasteiger partial charge in [0.25, 0.3) is 0 Å². The van der Waals surface area contributed by atoms with E-state index in [0.717, 1.165) is 0 Å². The Kier molecular flexibility index (Phi) is 4.98. The number of carbonyl (C=O) groups is 2. The average Bonchev–Trinajstić information content (AvgIpc) is 3.36. The van der Waals surface area contributed by atoms with Crippen LogP contribution in [0.25, 0.3) is 0 Å². The molecule has 10 nitrogen and oxygen atoms in total. The predicted molar refractivity (Wildman–Crippen MR) is 115 cm³/mol. The van der Waals surface area contributed by atoms with E-state index in [-0.39, 0.29) is 29.6 Å². The Morgan fingerprint density at radius 2 is 1.88 bits per heavy atom. The predicted octanol–water partition coefficient (Wildman–Crippen LogP) is 2.58. The lowest BCUT2D eigenvalue weighted by atomic mass is 9.73. The summed E-state index contributed by atoms with van der Waals surface area (Å²) in [6, 6.07) is 6.22. The smallest absolute Gasteiger partial charge is 0.340 e. The maximum Gasteiger partial charge on any atom is 0.340 e. The molecule has 0 saturated heterocycles. The number of aliphatic hydroxyl groups excluding tert-OH is 1. The second-order valence-corrected chi connectivity index (χ2v) is 8.52. The highest BCUT2D eigenvalue weighted by Crippen LogP contribution is 2.55. The van der Waals surface area contributed by atoms with E-state index in [0.29, 0.717) is 28.2 Å². The van der Waals surface area contributed by atoms with Crippen molar-refractivity contribution in [2.75, 3.05) is 21.0 Å². The minimum Gasteiger partial charge on any atom is -0.493 e. The fourth-order valence-corrected chi connectivity index (χ4v) is 5.24. The maximum absolute atomic E-state index is 13.0. The fourth-order valence-electron chi connectivity index (χ4n) is 4.39. The van der Waals surface area contributed by atoms with Gasteiger partial charge in [0.05, 0.1) is 23.6 Å². The van der Waals surface area contributed by atoms with Crippen LogP contribution in [0.2, 0.25) is 0 Å². The highest BCUT2D eigenvalue weighted by Gasteiger charge is 2.61. The number of oxime groups is 1. The molecule has 1 aliphatic carbocycles. The summed E-state index contributed by atoms with van der Waals surface area (Å²) in [6.07, 6.45) is -1.14. The van der Waals surface area contributed by atoms with Gasteiger partial charge >= 0.3 is 11.9 Å². The van der Waals surface area contributed by atoms with Crippen molar-refractivity contribution in [2.24, 2.45) is 5.16 Å². The zero-order valence-corrected chi connectivity index (χ0v) is 19.3. The first kappa shape index (κ1) is 21.5. The Morgan fingerprint density at radius 1 is 1.15 bits per heavy atom. The normalized spacial score (nSPS) is 25.5. The first-order valence-electron chi connectivity index (χ1n) is 9.83. The SMILES string of the molecule is CON=C1c2cc3c(cc2C(O)C(Br)[C@]12OC(=O)c1cc(OC)c(OC(C)=O)cc12)OCO3. The molecule has 2 aromatic rings. The number of halogens is 1. The molecule has 0 fully saturated rings. The third-order valence-electron chi connectivity index (χ3n) is 5.75. The Labute approximate surface area is 196 Å². The van der Waals surface area contributed by atoms with E-state index < -0.39 is 28.5 Å². The van der Waals surface area contributed by atoms with Gasteiger partial charge in [0, 0.05) is 18.1 Å². The fraction of sp³-hybridized carbons (Fsp3) is 0.318. The van der Waals surface area contributed by atoms with Crippen LogP contribution in [0, 0.1) is 0 Å². The lowest BCUT2D eigenvalue weighted by molar-refractivity contribution is -0.132. The Morgan fingerprint density at radius 3 is 2.55 bits per heavy atom. The number of alkyl halides is 1. The van der Waals surface area contributed by atoms with Crippen LogP contribution in [-0.4, -0.2) is 48.6 Å². The van der Waals surface area contributed by atoms with Crippen molar-refractivity contribution in [2.45, 2.75) is 23.5 Å². The van der Waals surface area contributed by atoms with Crippen molar-refractivity contribution in [1.82, 2.24) is 0 Å². The lowest BCUT2D eigenvalue weighted by Gasteiger charge is -2.41. The summed E-state index contributed by atoms with van der Waals surface area (Å²) >= 11 is 3.53. The number of esters is 2. The number of nitrogens with zero attached hydrogens (tertiary/aromatic N) is 1. The molecule has 1 spiro atoms. The summed E-state index contributed by atoms with van der Waals surface area (Å²) in [5.41, 5.74) is 0.0491.